The Hall–Kier alpha value is -1.07. The highest BCUT2D eigenvalue weighted by molar-refractivity contribution is 7.14. The fraction of sp³-hybridized carbons (Fsp3) is 0.333. The first-order valence-corrected chi connectivity index (χ1v) is 5.91. The average molecular weight is 243 g/mol. The molecule has 0 radical (unpaired) electrons. The fourth-order valence-corrected chi connectivity index (χ4v) is 2.08. The van der Waals surface area contributed by atoms with Crippen LogP contribution in [0.25, 0.3) is 0 Å². The lowest BCUT2D eigenvalue weighted by Gasteiger charge is -2.02. The maximum Gasteiger partial charge on any atom is 0.184 e. The summed E-state index contributed by atoms with van der Waals surface area (Å²) in [5, 5.41) is 6.47. The summed E-state index contributed by atoms with van der Waals surface area (Å²) in [7, 11) is 0. The highest BCUT2D eigenvalue weighted by Crippen LogP contribution is 2.18. The molecule has 0 fully saturated rings. The van der Waals surface area contributed by atoms with E-state index in [0.717, 1.165) is 24.6 Å². The van der Waals surface area contributed by atoms with Crippen LogP contribution in [0.5, 0.6) is 0 Å². The molecule has 80 valence electrons. The summed E-state index contributed by atoms with van der Waals surface area (Å²) in [6, 6.07) is 0. The van der Waals surface area contributed by atoms with Gasteiger partial charge in [-0.2, -0.15) is 0 Å². The molecule has 2 rings (SSSR count). The summed E-state index contributed by atoms with van der Waals surface area (Å²) in [6.45, 7) is 1.86. The van der Waals surface area contributed by atoms with Crippen molar-refractivity contribution < 1.29 is 0 Å². The van der Waals surface area contributed by atoms with Crippen molar-refractivity contribution in [3.63, 3.8) is 0 Å². The molecule has 0 unspecified atom stereocenters. The van der Waals surface area contributed by atoms with Crippen molar-refractivity contribution in [3.05, 3.63) is 29.3 Å². The lowest BCUT2D eigenvalue weighted by atomic mass is 10.4. The Labute approximate surface area is 96.9 Å². The summed E-state index contributed by atoms with van der Waals surface area (Å²) in [5.41, 5.74) is 0. The van der Waals surface area contributed by atoms with Crippen LogP contribution in [0.15, 0.2) is 24.1 Å². The standard InChI is InChI=1S/C9H11ClN4S/c10-8-6-15-9(13-8)12-2-1-4-14-5-3-11-7-14/h3,5-7H,1-2,4H2,(H,12,13). The van der Waals surface area contributed by atoms with Crippen LogP contribution >= 0.6 is 22.9 Å². The van der Waals surface area contributed by atoms with Gasteiger partial charge in [-0.15, -0.1) is 11.3 Å². The van der Waals surface area contributed by atoms with E-state index >= 15 is 0 Å². The number of nitrogens with one attached hydrogen (secondary N) is 1. The van der Waals surface area contributed by atoms with E-state index in [9.17, 15) is 0 Å². The van der Waals surface area contributed by atoms with Gasteiger partial charge in [-0.25, -0.2) is 9.97 Å². The summed E-state index contributed by atoms with van der Waals surface area (Å²) < 4.78 is 2.05. The van der Waals surface area contributed by atoms with Crippen molar-refractivity contribution in [3.8, 4) is 0 Å². The molecule has 0 amide bonds. The molecule has 2 heterocycles. The second-order valence-electron chi connectivity index (χ2n) is 3.06. The first-order valence-electron chi connectivity index (χ1n) is 4.65. The van der Waals surface area contributed by atoms with Gasteiger partial charge in [0.15, 0.2) is 5.13 Å². The summed E-state index contributed by atoms with van der Waals surface area (Å²) >= 11 is 7.23. The van der Waals surface area contributed by atoms with Crippen molar-refractivity contribution in [2.24, 2.45) is 0 Å². The molecule has 0 aliphatic carbocycles. The van der Waals surface area contributed by atoms with Gasteiger partial charge >= 0.3 is 0 Å². The number of aryl methyl sites for hydroxylation is 1. The highest BCUT2D eigenvalue weighted by atomic mass is 35.5. The molecular formula is C9H11ClN4S. The van der Waals surface area contributed by atoms with Crippen LogP contribution in [0.1, 0.15) is 6.42 Å². The molecule has 4 nitrogen and oxygen atoms in total. The van der Waals surface area contributed by atoms with Crippen molar-refractivity contribution in [1.82, 2.24) is 14.5 Å². The smallest absolute Gasteiger partial charge is 0.184 e. The minimum Gasteiger partial charge on any atom is -0.361 e. The van der Waals surface area contributed by atoms with Gasteiger partial charge < -0.3 is 9.88 Å². The van der Waals surface area contributed by atoms with Crippen molar-refractivity contribution in [2.75, 3.05) is 11.9 Å². The van der Waals surface area contributed by atoms with E-state index < -0.39 is 0 Å². The van der Waals surface area contributed by atoms with E-state index in [2.05, 4.69) is 19.9 Å². The van der Waals surface area contributed by atoms with Crippen LogP contribution < -0.4 is 5.32 Å². The molecule has 0 atom stereocenters. The SMILES string of the molecule is Clc1csc(NCCCn2ccnc2)n1. The summed E-state index contributed by atoms with van der Waals surface area (Å²) in [4.78, 5) is 8.08. The Morgan fingerprint density at radius 3 is 3.13 bits per heavy atom. The van der Waals surface area contributed by atoms with E-state index in [1.165, 1.54) is 11.3 Å². The molecular weight excluding hydrogens is 232 g/mol. The lowest BCUT2D eigenvalue weighted by molar-refractivity contribution is 0.660. The number of nitrogens with zero attached hydrogens (tertiary/aromatic N) is 3. The van der Waals surface area contributed by atoms with Gasteiger partial charge in [0.05, 0.1) is 6.33 Å². The Morgan fingerprint density at radius 2 is 2.47 bits per heavy atom. The van der Waals surface area contributed by atoms with Crippen LogP contribution in [0.3, 0.4) is 0 Å². The molecule has 2 aromatic heterocycles. The van der Waals surface area contributed by atoms with Gasteiger partial charge in [0.1, 0.15) is 5.15 Å². The molecule has 0 aromatic carbocycles. The van der Waals surface area contributed by atoms with E-state index in [1.54, 1.807) is 6.20 Å². The number of imidazole rings is 1. The maximum atomic E-state index is 5.70. The zero-order chi connectivity index (χ0) is 10.5. The van der Waals surface area contributed by atoms with E-state index in [4.69, 9.17) is 11.6 Å². The van der Waals surface area contributed by atoms with Crippen LogP contribution in [0.2, 0.25) is 5.15 Å². The zero-order valence-corrected chi connectivity index (χ0v) is 9.63. The number of hydrogen-bond acceptors (Lipinski definition) is 4. The fourth-order valence-electron chi connectivity index (χ4n) is 1.21. The van der Waals surface area contributed by atoms with Crippen LogP contribution in [0, 0.1) is 0 Å². The molecule has 2 aromatic rings. The number of rotatable bonds is 5. The second kappa shape index (κ2) is 5.14. The van der Waals surface area contributed by atoms with Crippen molar-refractivity contribution >= 4 is 28.1 Å². The van der Waals surface area contributed by atoms with Crippen LogP contribution in [-0.2, 0) is 6.54 Å². The molecule has 0 aliphatic rings. The quantitative estimate of drug-likeness (QED) is 0.820. The summed E-state index contributed by atoms with van der Waals surface area (Å²) in [6.07, 6.45) is 6.60. The topological polar surface area (TPSA) is 42.7 Å². The predicted molar refractivity (Wildman–Crippen MR) is 62.5 cm³/mol. The molecule has 15 heavy (non-hydrogen) atoms. The third-order valence-electron chi connectivity index (χ3n) is 1.90. The van der Waals surface area contributed by atoms with Crippen LogP contribution in [0.4, 0.5) is 5.13 Å². The maximum absolute atomic E-state index is 5.70. The van der Waals surface area contributed by atoms with E-state index in [-0.39, 0.29) is 0 Å². The van der Waals surface area contributed by atoms with Gasteiger partial charge in [-0.1, -0.05) is 11.6 Å². The largest absolute Gasteiger partial charge is 0.361 e. The molecule has 0 spiro atoms. The monoisotopic (exact) mass is 242 g/mol. The molecule has 0 saturated carbocycles. The Balaban J connectivity index is 1.67. The number of aromatic nitrogens is 3. The molecule has 0 bridgehead atoms. The number of anilines is 1. The molecule has 6 heteroatoms. The normalized spacial score (nSPS) is 10.5. The third kappa shape index (κ3) is 3.21. The number of halogens is 1. The van der Waals surface area contributed by atoms with Gasteiger partial charge in [0, 0.05) is 30.9 Å². The molecule has 0 saturated heterocycles. The first kappa shape index (κ1) is 10.4. The number of hydrogen-bond donors (Lipinski definition) is 1. The van der Waals surface area contributed by atoms with E-state index in [0.29, 0.717) is 5.15 Å². The Bertz CT molecular complexity index is 398. The third-order valence-corrected chi connectivity index (χ3v) is 3.03. The van der Waals surface area contributed by atoms with Crippen LogP contribution in [-0.4, -0.2) is 21.1 Å². The predicted octanol–water partition coefficient (Wildman–Crippen LogP) is 2.50. The zero-order valence-electron chi connectivity index (χ0n) is 8.06. The lowest BCUT2D eigenvalue weighted by Crippen LogP contribution is -2.05. The summed E-state index contributed by atoms with van der Waals surface area (Å²) in [5.74, 6) is 0. The minimum absolute atomic E-state index is 0.553. The number of thiazole rings is 1. The van der Waals surface area contributed by atoms with Gasteiger partial charge in [0.25, 0.3) is 0 Å². The minimum atomic E-state index is 0.553. The van der Waals surface area contributed by atoms with Gasteiger partial charge in [-0.05, 0) is 6.42 Å². The average Bonchev–Trinajstić information content (AvgIpc) is 2.84. The van der Waals surface area contributed by atoms with Gasteiger partial charge in [-0.3, -0.25) is 0 Å². The van der Waals surface area contributed by atoms with Gasteiger partial charge in [0.2, 0.25) is 0 Å². The highest BCUT2D eigenvalue weighted by Gasteiger charge is 1.97. The second-order valence-corrected chi connectivity index (χ2v) is 4.30. The Morgan fingerprint density at radius 1 is 1.53 bits per heavy atom. The molecule has 1 N–H and O–H groups in total. The molecule has 0 aliphatic heterocycles. The Kier molecular flexibility index (Phi) is 3.58. The van der Waals surface area contributed by atoms with Crippen molar-refractivity contribution in [2.45, 2.75) is 13.0 Å². The first-order chi connectivity index (χ1) is 7.34. The van der Waals surface area contributed by atoms with E-state index in [1.807, 2.05) is 17.9 Å². The van der Waals surface area contributed by atoms with Crippen molar-refractivity contribution in [1.29, 1.82) is 0 Å².